The molecule has 1 heterocycles. The normalized spacial score (nSPS) is 13.0. The van der Waals surface area contributed by atoms with Gasteiger partial charge < -0.3 is 9.32 Å². The highest BCUT2D eigenvalue weighted by molar-refractivity contribution is 6.27. The van der Waals surface area contributed by atoms with E-state index in [0.717, 1.165) is 44.6 Å². The Morgan fingerprint density at radius 2 is 0.921 bits per heavy atom. The molecule has 0 atom stereocenters. The molecule has 1 aliphatic rings. The van der Waals surface area contributed by atoms with Crippen molar-refractivity contribution >= 4 is 82.1 Å². The number of benzene rings is 11. The molecule has 296 valence electrons. The van der Waals surface area contributed by atoms with Gasteiger partial charge >= 0.3 is 0 Å². The lowest BCUT2D eigenvalue weighted by Gasteiger charge is -2.28. The van der Waals surface area contributed by atoms with Crippen molar-refractivity contribution in [3.05, 3.63) is 223 Å². The van der Waals surface area contributed by atoms with E-state index in [1.54, 1.807) is 0 Å². The Labute approximate surface area is 365 Å². The van der Waals surface area contributed by atoms with Crippen LogP contribution in [0.5, 0.6) is 0 Å². The summed E-state index contributed by atoms with van der Waals surface area (Å²) < 4.78 is 6.34. The first kappa shape index (κ1) is 35.8. The summed E-state index contributed by atoms with van der Waals surface area (Å²) in [6, 6.07) is 78.2. The Morgan fingerprint density at radius 3 is 1.75 bits per heavy atom. The maximum Gasteiger partial charge on any atom is 0.135 e. The number of nitrogens with zero attached hydrogens (tertiary/aromatic N) is 1. The van der Waals surface area contributed by atoms with Gasteiger partial charge in [0.2, 0.25) is 0 Å². The smallest absolute Gasteiger partial charge is 0.135 e. The molecule has 0 unspecified atom stereocenters. The van der Waals surface area contributed by atoms with E-state index in [0.29, 0.717) is 0 Å². The lowest BCUT2D eigenvalue weighted by atomic mass is 9.82. The quantitative estimate of drug-likeness (QED) is 0.161. The molecule has 0 saturated carbocycles. The summed E-state index contributed by atoms with van der Waals surface area (Å²) in [7, 11) is 0. The molecule has 12 aromatic rings. The molecular weight excluding hydrogens is 763 g/mol. The van der Waals surface area contributed by atoms with Crippen LogP contribution in [0.2, 0.25) is 0 Å². The Bertz CT molecular complexity index is 3820. The van der Waals surface area contributed by atoms with Crippen LogP contribution in [0, 0.1) is 0 Å². The topological polar surface area (TPSA) is 16.4 Å². The van der Waals surface area contributed by atoms with Crippen LogP contribution >= 0.6 is 0 Å². The van der Waals surface area contributed by atoms with Gasteiger partial charge in [0.05, 0.1) is 5.69 Å². The van der Waals surface area contributed by atoms with Crippen molar-refractivity contribution in [3.63, 3.8) is 0 Å². The summed E-state index contributed by atoms with van der Waals surface area (Å²) in [4.78, 5) is 2.41. The van der Waals surface area contributed by atoms with Crippen LogP contribution in [0.4, 0.5) is 17.1 Å². The van der Waals surface area contributed by atoms with Gasteiger partial charge in [0.15, 0.2) is 0 Å². The summed E-state index contributed by atoms with van der Waals surface area (Å²) in [6.07, 6.45) is 0. The third-order valence-corrected chi connectivity index (χ3v) is 13.8. The summed E-state index contributed by atoms with van der Waals surface area (Å²) in [5, 5.41) is 12.3. The van der Waals surface area contributed by atoms with Crippen LogP contribution in [-0.4, -0.2) is 0 Å². The zero-order chi connectivity index (χ0) is 41.8. The predicted molar refractivity (Wildman–Crippen MR) is 267 cm³/mol. The number of furan rings is 1. The molecule has 1 aromatic heterocycles. The van der Waals surface area contributed by atoms with Gasteiger partial charge in [-0.1, -0.05) is 172 Å². The zero-order valence-electron chi connectivity index (χ0n) is 35.1. The fourth-order valence-corrected chi connectivity index (χ4v) is 10.7. The number of anilines is 3. The molecule has 0 spiro atoms. The van der Waals surface area contributed by atoms with E-state index in [9.17, 15) is 0 Å². The van der Waals surface area contributed by atoms with Crippen molar-refractivity contribution < 1.29 is 4.42 Å². The minimum absolute atomic E-state index is 0.0239. The average Bonchev–Trinajstić information content (AvgIpc) is 3.82. The van der Waals surface area contributed by atoms with Gasteiger partial charge in [-0.15, -0.1) is 0 Å². The number of fused-ring (bicyclic) bond motifs is 13. The van der Waals surface area contributed by atoms with Gasteiger partial charge in [-0.05, 0) is 137 Å². The Kier molecular flexibility index (Phi) is 7.68. The van der Waals surface area contributed by atoms with Gasteiger partial charge in [-0.25, -0.2) is 0 Å². The molecule has 0 saturated heterocycles. The van der Waals surface area contributed by atoms with Crippen molar-refractivity contribution in [1.29, 1.82) is 0 Å². The second-order valence-electron chi connectivity index (χ2n) is 17.7. The van der Waals surface area contributed by atoms with Crippen LogP contribution in [-0.2, 0) is 5.41 Å². The van der Waals surface area contributed by atoms with Gasteiger partial charge in [0, 0.05) is 33.1 Å². The van der Waals surface area contributed by atoms with Gasteiger partial charge in [0.1, 0.15) is 11.2 Å². The molecule has 13 rings (SSSR count). The number of hydrogen-bond acceptors (Lipinski definition) is 2. The summed E-state index contributed by atoms with van der Waals surface area (Å²) >= 11 is 0. The summed E-state index contributed by atoms with van der Waals surface area (Å²) in [6.45, 7) is 4.68. The van der Waals surface area contributed by atoms with Crippen molar-refractivity contribution in [1.82, 2.24) is 0 Å². The van der Waals surface area contributed by atoms with Crippen LogP contribution in [0.25, 0.3) is 98.4 Å². The SMILES string of the molecule is CC1(C)c2ccccc2-c2cc(-c3ccc(N(c4ccc5oc6ccccc6c5c4)c4ccccc4-c4ccc5ccc6ccc7ccc8ccccc8c7c6c5c4)cc3)ccc21. The number of hydrogen-bond donors (Lipinski definition) is 0. The maximum absolute atomic E-state index is 6.34. The van der Waals surface area contributed by atoms with Crippen molar-refractivity contribution in [2.75, 3.05) is 4.90 Å². The van der Waals surface area contributed by atoms with E-state index in [-0.39, 0.29) is 5.41 Å². The van der Waals surface area contributed by atoms with Crippen molar-refractivity contribution in [3.8, 4) is 33.4 Å². The van der Waals surface area contributed by atoms with E-state index in [1.807, 2.05) is 6.07 Å². The molecule has 63 heavy (non-hydrogen) atoms. The molecule has 0 aliphatic heterocycles. The molecule has 0 N–H and O–H groups in total. The minimum atomic E-state index is -0.0239. The Balaban J connectivity index is 0.994. The molecule has 0 radical (unpaired) electrons. The maximum atomic E-state index is 6.34. The largest absolute Gasteiger partial charge is 0.456 e. The first-order valence-corrected chi connectivity index (χ1v) is 21.9. The van der Waals surface area contributed by atoms with Gasteiger partial charge in [0.25, 0.3) is 0 Å². The zero-order valence-corrected chi connectivity index (χ0v) is 35.1. The minimum Gasteiger partial charge on any atom is -0.456 e. The highest BCUT2D eigenvalue weighted by atomic mass is 16.3. The fourth-order valence-electron chi connectivity index (χ4n) is 10.7. The second-order valence-corrected chi connectivity index (χ2v) is 17.7. The van der Waals surface area contributed by atoms with Gasteiger partial charge in [-0.2, -0.15) is 0 Å². The van der Waals surface area contributed by atoms with E-state index in [1.165, 1.54) is 82.0 Å². The molecule has 2 nitrogen and oxygen atoms in total. The third-order valence-electron chi connectivity index (χ3n) is 13.8. The highest BCUT2D eigenvalue weighted by Gasteiger charge is 2.35. The molecule has 1 aliphatic carbocycles. The van der Waals surface area contributed by atoms with E-state index in [2.05, 4.69) is 225 Å². The number of rotatable bonds is 5. The molecule has 0 amide bonds. The summed E-state index contributed by atoms with van der Waals surface area (Å²) in [5.74, 6) is 0. The first-order valence-electron chi connectivity index (χ1n) is 21.9. The predicted octanol–water partition coefficient (Wildman–Crippen LogP) is 17.3. The van der Waals surface area contributed by atoms with Gasteiger partial charge in [-0.3, -0.25) is 0 Å². The van der Waals surface area contributed by atoms with E-state index < -0.39 is 0 Å². The van der Waals surface area contributed by atoms with Crippen molar-refractivity contribution in [2.24, 2.45) is 0 Å². The molecule has 2 heteroatoms. The Morgan fingerprint density at radius 1 is 0.349 bits per heavy atom. The fraction of sp³-hybridized carbons (Fsp3) is 0.0492. The molecule has 0 fully saturated rings. The first-order chi connectivity index (χ1) is 31.0. The Hall–Kier alpha value is -7.94. The van der Waals surface area contributed by atoms with E-state index >= 15 is 0 Å². The van der Waals surface area contributed by atoms with Crippen LogP contribution in [0.15, 0.2) is 217 Å². The average molecular weight is 804 g/mol. The lowest BCUT2D eigenvalue weighted by Crippen LogP contribution is -2.14. The highest BCUT2D eigenvalue weighted by Crippen LogP contribution is 2.50. The molecule has 0 bridgehead atoms. The van der Waals surface area contributed by atoms with Crippen LogP contribution in [0.3, 0.4) is 0 Å². The second kappa shape index (κ2) is 13.5. The molecular formula is C61H41NO. The number of para-hydroxylation sites is 2. The summed E-state index contributed by atoms with van der Waals surface area (Å²) in [5.41, 5.74) is 15.2. The third kappa shape index (κ3) is 5.44. The van der Waals surface area contributed by atoms with E-state index in [4.69, 9.17) is 4.42 Å². The standard InChI is InChI=1S/C61H41NO/c1-61(2)54-16-8-5-14-49(54)52-35-43(29-33-55(52)61)38-27-30-45(31-28-38)62(46-32-34-58-53(37-46)50-15-7-10-18-57(50)63-58)56-17-9-6-12-47(56)44-26-21-40-20-23-42-25-24-41-22-19-39-11-3-4-13-48(39)59(41)60(42)51(40)36-44/h3-37H,1-2H3. The van der Waals surface area contributed by atoms with Crippen molar-refractivity contribution in [2.45, 2.75) is 19.3 Å². The monoisotopic (exact) mass is 803 g/mol. The lowest BCUT2D eigenvalue weighted by molar-refractivity contribution is 0.660. The van der Waals surface area contributed by atoms with Crippen LogP contribution in [0.1, 0.15) is 25.0 Å². The molecule has 11 aromatic carbocycles. The van der Waals surface area contributed by atoms with Crippen LogP contribution < -0.4 is 4.90 Å².